The van der Waals surface area contributed by atoms with Crippen LogP contribution in [0.25, 0.3) is 0 Å². The minimum Gasteiger partial charge on any atom is -0.508 e. The van der Waals surface area contributed by atoms with E-state index in [0.717, 1.165) is 29.5 Å². The number of carbonyl (C=O) groups excluding carboxylic acids is 3. The van der Waals surface area contributed by atoms with Crippen LogP contribution in [0.3, 0.4) is 0 Å². The molecule has 2 aromatic rings. The molecule has 1 aliphatic rings. The summed E-state index contributed by atoms with van der Waals surface area (Å²) in [6, 6.07) is 6.31. The topological polar surface area (TPSA) is 83.9 Å². The van der Waals surface area contributed by atoms with Gasteiger partial charge in [-0.2, -0.15) is 0 Å². The first kappa shape index (κ1) is 24.0. The molecule has 1 N–H and O–H groups in total. The quantitative estimate of drug-likeness (QED) is 0.475. The molecule has 0 aliphatic heterocycles. The number of hydrogen-bond donors (Lipinski definition) is 1. The highest BCUT2D eigenvalue weighted by Gasteiger charge is 2.33. The Morgan fingerprint density at radius 1 is 1.25 bits per heavy atom. The number of thiophene rings is 1. The zero-order chi connectivity index (χ0) is 23.6. The van der Waals surface area contributed by atoms with E-state index in [1.54, 1.807) is 50.8 Å². The first-order valence-corrected chi connectivity index (χ1v) is 11.7. The Morgan fingerprint density at radius 3 is 2.59 bits per heavy atom. The molecule has 172 valence electrons. The van der Waals surface area contributed by atoms with Gasteiger partial charge in [-0.3, -0.25) is 9.59 Å². The molecule has 1 unspecified atom stereocenters. The minimum absolute atomic E-state index is 0.0230. The molecule has 32 heavy (non-hydrogen) atoms. The molecule has 0 radical (unpaired) electrons. The van der Waals surface area contributed by atoms with Crippen LogP contribution in [0.5, 0.6) is 5.75 Å². The van der Waals surface area contributed by atoms with Crippen molar-refractivity contribution < 1.29 is 24.2 Å². The van der Waals surface area contributed by atoms with Crippen molar-refractivity contribution in [3.05, 3.63) is 51.2 Å². The number of hydrogen-bond acceptors (Lipinski definition) is 6. The maximum Gasteiger partial charge on any atom is 0.329 e. The minimum atomic E-state index is -0.761. The van der Waals surface area contributed by atoms with Crippen molar-refractivity contribution in [1.29, 1.82) is 0 Å². The van der Waals surface area contributed by atoms with Crippen molar-refractivity contribution in [2.24, 2.45) is 0 Å². The molecule has 1 aromatic carbocycles. The summed E-state index contributed by atoms with van der Waals surface area (Å²) in [7, 11) is 0. The highest BCUT2D eigenvalue weighted by Crippen LogP contribution is 2.37. The number of aromatic hydroxyl groups is 1. The predicted molar refractivity (Wildman–Crippen MR) is 124 cm³/mol. The number of fused-ring (bicyclic) bond motifs is 1. The number of carbonyl (C=O) groups is 3. The molecule has 0 saturated carbocycles. The molecule has 0 spiro atoms. The fourth-order valence-corrected chi connectivity index (χ4v) is 4.83. The van der Waals surface area contributed by atoms with E-state index < -0.39 is 17.6 Å². The zero-order valence-electron chi connectivity index (χ0n) is 19.3. The van der Waals surface area contributed by atoms with E-state index in [1.807, 2.05) is 11.4 Å². The van der Waals surface area contributed by atoms with Gasteiger partial charge in [-0.25, -0.2) is 4.79 Å². The van der Waals surface area contributed by atoms with Gasteiger partial charge in [0.25, 0.3) is 0 Å². The predicted octanol–water partition coefficient (Wildman–Crippen LogP) is 4.84. The van der Waals surface area contributed by atoms with Crippen molar-refractivity contribution in [3.8, 4) is 5.75 Å². The summed E-state index contributed by atoms with van der Waals surface area (Å²) in [6.45, 7) is 8.83. The first-order chi connectivity index (χ1) is 14.9. The maximum absolute atomic E-state index is 13.4. The van der Waals surface area contributed by atoms with Crippen LogP contribution in [0.4, 0.5) is 0 Å². The largest absolute Gasteiger partial charge is 0.508 e. The molecule has 1 heterocycles. The Kier molecular flexibility index (Phi) is 7.08. The van der Waals surface area contributed by atoms with Gasteiger partial charge in [0.2, 0.25) is 5.91 Å². The molecular formula is C25H31NO5S. The number of rotatable bonds is 7. The third kappa shape index (κ3) is 5.76. The van der Waals surface area contributed by atoms with E-state index in [1.165, 1.54) is 18.3 Å². The summed E-state index contributed by atoms with van der Waals surface area (Å²) < 4.78 is 5.54. The summed E-state index contributed by atoms with van der Waals surface area (Å²) in [6.07, 6.45) is 1.91. The molecule has 3 rings (SSSR count). The normalized spacial score (nSPS) is 16.3. The van der Waals surface area contributed by atoms with E-state index in [4.69, 9.17) is 4.74 Å². The van der Waals surface area contributed by atoms with E-state index in [9.17, 15) is 19.5 Å². The zero-order valence-corrected chi connectivity index (χ0v) is 20.1. The molecule has 6 nitrogen and oxygen atoms in total. The van der Waals surface area contributed by atoms with E-state index in [-0.39, 0.29) is 36.3 Å². The van der Waals surface area contributed by atoms with E-state index in [0.29, 0.717) is 4.88 Å². The number of ketones is 1. The van der Waals surface area contributed by atoms with Gasteiger partial charge in [-0.05, 0) is 93.6 Å². The van der Waals surface area contributed by atoms with Gasteiger partial charge in [-0.1, -0.05) is 6.07 Å². The first-order valence-electron chi connectivity index (χ1n) is 10.9. The van der Waals surface area contributed by atoms with Crippen molar-refractivity contribution in [3.63, 3.8) is 0 Å². The number of phenolic OH excluding ortho intramolecular Hbond substituents is 1. The molecule has 1 aromatic heterocycles. The van der Waals surface area contributed by atoms with Crippen LogP contribution in [0.1, 0.15) is 79.7 Å². The monoisotopic (exact) mass is 457 g/mol. The van der Waals surface area contributed by atoms with Crippen molar-refractivity contribution >= 4 is 29.0 Å². The van der Waals surface area contributed by atoms with Gasteiger partial charge in [0.05, 0.1) is 4.88 Å². The molecular weight excluding hydrogens is 426 g/mol. The average Bonchev–Trinajstić information content (AvgIpc) is 3.31. The van der Waals surface area contributed by atoms with Crippen LogP contribution < -0.4 is 0 Å². The van der Waals surface area contributed by atoms with Gasteiger partial charge in [0, 0.05) is 13.0 Å². The molecule has 7 heteroatoms. The Morgan fingerprint density at radius 2 is 1.97 bits per heavy atom. The SMILES string of the molecule is CC(=O)c1cc(CN(C(=O)CC2CCc3cc(O)ccc32)[C@H](C)C(=O)OC(C)(C)C)cs1. The van der Waals surface area contributed by atoms with Gasteiger partial charge in [-0.15, -0.1) is 11.3 Å². The maximum atomic E-state index is 13.4. The number of aryl methyl sites for hydroxylation is 1. The average molecular weight is 458 g/mol. The highest BCUT2D eigenvalue weighted by molar-refractivity contribution is 7.12. The number of Topliss-reactive ketones (excluding diaryl/α,β-unsaturated/α-hetero) is 1. The second-order valence-corrected chi connectivity index (χ2v) is 10.3. The van der Waals surface area contributed by atoms with Crippen LogP contribution in [-0.4, -0.2) is 39.3 Å². The Labute approximate surface area is 193 Å². The Bertz CT molecular complexity index is 1020. The summed E-state index contributed by atoms with van der Waals surface area (Å²) in [4.78, 5) is 40.1. The summed E-state index contributed by atoms with van der Waals surface area (Å²) in [5.41, 5.74) is 2.31. The third-order valence-corrected chi connectivity index (χ3v) is 6.72. The number of benzene rings is 1. The lowest BCUT2D eigenvalue weighted by atomic mass is 9.96. The van der Waals surface area contributed by atoms with Crippen molar-refractivity contribution in [2.45, 2.75) is 78.0 Å². The fraction of sp³-hybridized carbons (Fsp3) is 0.480. The van der Waals surface area contributed by atoms with Gasteiger partial charge >= 0.3 is 5.97 Å². The fourth-order valence-electron chi connectivity index (χ4n) is 4.03. The smallest absolute Gasteiger partial charge is 0.329 e. The number of esters is 1. The van der Waals surface area contributed by atoms with Crippen molar-refractivity contribution in [1.82, 2.24) is 4.90 Å². The second-order valence-electron chi connectivity index (χ2n) is 9.43. The van der Waals surface area contributed by atoms with Crippen LogP contribution >= 0.6 is 11.3 Å². The van der Waals surface area contributed by atoms with Gasteiger partial charge in [0.15, 0.2) is 5.78 Å². The lowest BCUT2D eigenvalue weighted by molar-refractivity contribution is -0.164. The molecule has 0 saturated heterocycles. The Balaban J connectivity index is 1.81. The van der Waals surface area contributed by atoms with E-state index >= 15 is 0 Å². The lowest BCUT2D eigenvalue weighted by Gasteiger charge is -2.31. The van der Waals surface area contributed by atoms with Crippen molar-refractivity contribution in [2.75, 3.05) is 0 Å². The second kappa shape index (κ2) is 9.45. The number of nitrogens with zero attached hydrogens (tertiary/aromatic N) is 1. The van der Waals surface area contributed by atoms with Crippen LogP contribution in [0.2, 0.25) is 0 Å². The van der Waals surface area contributed by atoms with Crippen LogP contribution in [0, 0.1) is 0 Å². The Hall–Kier alpha value is -2.67. The van der Waals surface area contributed by atoms with Crippen LogP contribution in [-0.2, 0) is 27.3 Å². The van der Waals surface area contributed by atoms with E-state index in [2.05, 4.69) is 0 Å². The highest BCUT2D eigenvalue weighted by atomic mass is 32.1. The number of phenols is 1. The molecule has 2 atom stereocenters. The summed E-state index contributed by atoms with van der Waals surface area (Å²) in [5.74, 6) is -0.337. The molecule has 0 bridgehead atoms. The van der Waals surface area contributed by atoms with Gasteiger partial charge < -0.3 is 14.7 Å². The summed E-state index contributed by atoms with van der Waals surface area (Å²) >= 11 is 1.34. The number of ether oxygens (including phenoxy) is 1. The molecule has 1 amide bonds. The standard InChI is InChI=1S/C25H31NO5S/c1-15(24(30)31-25(3,4)5)26(13-17-10-22(16(2)27)32-14-17)23(29)12-19-7-6-18-11-20(28)8-9-21(18)19/h8-11,14-15,19,28H,6-7,12-13H2,1-5H3/t15-,19?/m1/s1. The summed E-state index contributed by atoms with van der Waals surface area (Å²) in [5, 5.41) is 11.6. The van der Waals surface area contributed by atoms with Gasteiger partial charge in [0.1, 0.15) is 17.4 Å². The lowest BCUT2D eigenvalue weighted by Crippen LogP contribution is -2.45. The third-order valence-electron chi connectivity index (χ3n) is 5.64. The molecule has 1 aliphatic carbocycles. The van der Waals surface area contributed by atoms with Crippen LogP contribution in [0.15, 0.2) is 29.6 Å². The molecule has 0 fully saturated rings. The number of amides is 1.